The molecule has 0 atom stereocenters. The molecule has 2 aromatic rings. The quantitative estimate of drug-likeness (QED) is 0.774. The van der Waals surface area contributed by atoms with E-state index in [0.717, 1.165) is 0 Å². The van der Waals surface area contributed by atoms with Crippen LogP contribution in [-0.4, -0.2) is 4.98 Å². The number of hydrogen-bond donors (Lipinski definition) is 0. The summed E-state index contributed by atoms with van der Waals surface area (Å²) in [5.74, 6) is -0.326. The molecule has 0 saturated heterocycles. The fourth-order valence-corrected chi connectivity index (χ4v) is 2.40. The smallest absolute Gasteiger partial charge is 0.152 e. The Bertz CT molecular complexity index is 586. The molecule has 2 rings (SSSR count). The molecule has 16 heavy (non-hydrogen) atoms. The van der Waals surface area contributed by atoms with E-state index in [9.17, 15) is 4.39 Å². The maximum atomic E-state index is 13.4. The van der Waals surface area contributed by atoms with Crippen molar-refractivity contribution in [2.45, 2.75) is 6.92 Å². The van der Waals surface area contributed by atoms with Crippen molar-refractivity contribution in [3.63, 3.8) is 0 Å². The van der Waals surface area contributed by atoms with Gasteiger partial charge in [0.2, 0.25) is 0 Å². The summed E-state index contributed by atoms with van der Waals surface area (Å²) < 4.78 is 13.4. The highest BCUT2D eigenvalue weighted by atomic mass is 35.5. The zero-order valence-corrected chi connectivity index (χ0v) is 9.86. The number of thiazole rings is 1. The van der Waals surface area contributed by atoms with Crippen LogP contribution in [0.3, 0.4) is 0 Å². The van der Waals surface area contributed by atoms with E-state index >= 15 is 0 Å². The Morgan fingerprint density at radius 1 is 1.50 bits per heavy atom. The first-order valence-corrected chi connectivity index (χ1v) is 5.69. The monoisotopic (exact) mass is 252 g/mol. The fourth-order valence-electron chi connectivity index (χ4n) is 1.26. The van der Waals surface area contributed by atoms with Gasteiger partial charge in [-0.1, -0.05) is 11.6 Å². The predicted octanol–water partition coefficient (Wildman–Crippen LogP) is 3.78. The number of hydrogen-bond acceptors (Lipinski definition) is 3. The first-order valence-electron chi connectivity index (χ1n) is 4.43. The lowest BCUT2D eigenvalue weighted by molar-refractivity contribution is 0.619. The average molecular weight is 253 g/mol. The third-order valence-corrected chi connectivity index (χ3v) is 3.29. The largest absolute Gasteiger partial charge is 0.225 e. The molecular formula is C11H6ClFN2S. The second-order valence-electron chi connectivity index (χ2n) is 3.23. The van der Waals surface area contributed by atoms with Crippen LogP contribution in [0.5, 0.6) is 0 Å². The molecule has 1 aromatic carbocycles. The molecule has 0 saturated carbocycles. The Morgan fingerprint density at radius 2 is 2.25 bits per heavy atom. The second-order valence-corrected chi connectivity index (χ2v) is 4.50. The van der Waals surface area contributed by atoms with Crippen LogP contribution in [0.1, 0.15) is 11.3 Å². The number of nitrogens with zero attached hydrogens (tertiary/aromatic N) is 2. The van der Waals surface area contributed by atoms with Crippen molar-refractivity contribution in [1.29, 1.82) is 5.26 Å². The van der Waals surface area contributed by atoms with Crippen molar-refractivity contribution in [3.8, 4) is 16.6 Å². The molecule has 2 nitrogen and oxygen atoms in total. The van der Waals surface area contributed by atoms with Crippen molar-refractivity contribution < 1.29 is 4.39 Å². The SMILES string of the molecule is Cc1cc(Cl)c(-c2nc(C#N)cs2)cc1F. The van der Waals surface area contributed by atoms with Crippen molar-refractivity contribution in [1.82, 2.24) is 4.98 Å². The summed E-state index contributed by atoms with van der Waals surface area (Å²) in [5.41, 5.74) is 1.33. The van der Waals surface area contributed by atoms with Gasteiger partial charge < -0.3 is 0 Å². The minimum Gasteiger partial charge on any atom is -0.225 e. The van der Waals surface area contributed by atoms with E-state index < -0.39 is 0 Å². The first-order chi connectivity index (χ1) is 7.61. The van der Waals surface area contributed by atoms with Crippen molar-refractivity contribution in [2.24, 2.45) is 0 Å². The van der Waals surface area contributed by atoms with E-state index in [0.29, 0.717) is 26.9 Å². The molecule has 0 fully saturated rings. The van der Waals surface area contributed by atoms with Crippen LogP contribution in [0.15, 0.2) is 17.5 Å². The van der Waals surface area contributed by atoms with Crippen LogP contribution in [-0.2, 0) is 0 Å². The van der Waals surface area contributed by atoms with Gasteiger partial charge >= 0.3 is 0 Å². The number of rotatable bonds is 1. The van der Waals surface area contributed by atoms with Crippen molar-refractivity contribution in [3.05, 3.63) is 39.6 Å². The lowest BCUT2D eigenvalue weighted by atomic mass is 10.1. The summed E-state index contributed by atoms with van der Waals surface area (Å²) in [6.45, 7) is 1.65. The van der Waals surface area contributed by atoms with Gasteiger partial charge in [0.1, 0.15) is 16.9 Å². The zero-order valence-electron chi connectivity index (χ0n) is 8.29. The summed E-state index contributed by atoms with van der Waals surface area (Å²) >= 11 is 7.28. The van der Waals surface area contributed by atoms with Crippen LogP contribution < -0.4 is 0 Å². The molecule has 0 aliphatic carbocycles. The van der Waals surface area contributed by atoms with Crippen LogP contribution in [0.4, 0.5) is 4.39 Å². The Kier molecular flexibility index (Phi) is 2.90. The lowest BCUT2D eigenvalue weighted by Gasteiger charge is -2.03. The van der Waals surface area contributed by atoms with E-state index in [-0.39, 0.29) is 5.82 Å². The third-order valence-electron chi connectivity index (χ3n) is 2.10. The molecule has 0 radical (unpaired) electrons. The number of halogens is 2. The Morgan fingerprint density at radius 3 is 2.88 bits per heavy atom. The fraction of sp³-hybridized carbons (Fsp3) is 0.0909. The van der Waals surface area contributed by atoms with Gasteiger partial charge in [0.15, 0.2) is 5.69 Å². The van der Waals surface area contributed by atoms with E-state index in [2.05, 4.69) is 4.98 Å². The summed E-state index contributed by atoms with van der Waals surface area (Å²) in [4.78, 5) is 4.04. The van der Waals surface area contributed by atoms with Crippen molar-refractivity contribution in [2.75, 3.05) is 0 Å². The maximum Gasteiger partial charge on any atom is 0.152 e. The third kappa shape index (κ3) is 1.92. The minimum atomic E-state index is -0.326. The van der Waals surface area contributed by atoms with Gasteiger partial charge in [-0.2, -0.15) is 5.26 Å². The molecule has 0 spiro atoms. The van der Waals surface area contributed by atoms with Gasteiger partial charge in [0.25, 0.3) is 0 Å². The van der Waals surface area contributed by atoms with Gasteiger partial charge in [0.05, 0.1) is 5.02 Å². The molecule has 0 aliphatic rings. The van der Waals surface area contributed by atoms with E-state index in [1.54, 1.807) is 18.4 Å². The summed E-state index contributed by atoms with van der Waals surface area (Å²) in [6.07, 6.45) is 0. The zero-order chi connectivity index (χ0) is 11.7. The second kappa shape index (κ2) is 4.20. The minimum absolute atomic E-state index is 0.317. The summed E-state index contributed by atoms with van der Waals surface area (Å²) in [6, 6.07) is 4.83. The Hall–Kier alpha value is -1.44. The highest BCUT2D eigenvalue weighted by molar-refractivity contribution is 7.13. The van der Waals surface area contributed by atoms with Crippen LogP contribution in [0.2, 0.25) is 5.02 Å². The van der Waals surface area contributed by atoms with Crippen LogP contribution in [0, 0.1) is 24.1 Å². The van der Waals surface area contributed by atoms with Crippen LogP contribution in [0.25, 0.3) is 10.6 Å². The topological polar surface area (TPSA) is 36.7 Å². The van der Waals surface area contributed by atoms with Gasteiger partial charge in [0, 0.05) is 10.9 Å². The highest BCUT2D eigenvalue weighted by Gasteiger charge is 2.11. The summed E-state index contributed by atoms with van der Waals surface area (Å²) in [5, 5.41) is 11.3. The van der Waals surface area contributed by atoms with Crippen molar-refractivity contribution >= 4 is 22.9 Å². The molecule has 5 heteroatoms. The molecule has 1 heterocycles. The number of aryl methyl sites for hydroxylation is 1. The number of aromatic nitrogens is 1. The van der Waals surface area contributed by atoms with Gasteiger partial charge in [-0.15, -0.1) is 11.3 Å². The number of nitriles is 1. The maximum absolute atomic E-state index is 13.4. The predicted molar refractivity (Wildman–Crippen MR) is 62.0 cm³/mol. The van der Waals surface area contributed by atoms with Gasteiger partial charge in [-0.05, 0) is 24.6 Å². The normalized spacial score (nSPS) is 10.1. The molecule has 0 bridgehead atoms. The molecule has 0 aliphatic heterocycles. The summed E-state index contributed by atoms with van der Waals surface area (Å²) in [7, 11) is 0. The molecule has 0 unspecified atom stereocenters. The Labute approximate surface area is 101 Å². The molecule has 0 amide bonds. The van der Waals surface area contributed by atoms with Gasteiger partial charge in [-0.3, -0.25) is 0 Å². The number of benzene rings is 1. The Balaban J connectivity index is 2.56. The molecular weight excluding hydrogens is 247 g/mol. The molecule has 1 aromatic heterocycles. The van der Waals surface area contributed by atoms with E-state index in [1.165, 1.54) is 17.4 Å². The van der Waals surface area contributed by atoms with Crippen LogP contribution >= 0.6 is 22.9 Å². The highest BCUT2D eigenvalue weighted by Crippen LogP contribution is 2.32. The van der Waals surface area contributed by atoms with E-state index in [4.69, 9.17) is 16.9 Å². The lowest BCUT2D eigenvalue weighted by Crippen LogP contribution is -1.86. The standard InChI is InChI=1S/C11H6ClFN2S/c1-6-2-9(12)8(3-10(6)13)11-15-7(4-14)5-16-11/h2-3,5H,1H3. The average Bonchev–Trinajstić information content (AvgIpc) is 2.71. The van der Waals surface area contributed by atoms with E-state index in [1.807, 2.05) is 6.07 Å². The molecule has 80 valence electrons. The van der Waals surface area contributed by atoms with Gasteiger partial charge in [-0.25, -0.2) is 9.37 Å². The molecule has 0 N–H and O–H groups in total. The first kappa shape index (κ1) is 11.1.